The second-order valence-electron chi connectivity index (χ2n) is 7.40. The van der Waals surface area contributed by atoms with E-state index in [1.807, 2.05) is 6.92 Å². The van der Waals surface area contributed by atoms with Gasteiger partial charge in [0.2, 0.25) is 5.91 Å². The lowest BCUT2D eigenvalue weighted by atomic mass is 9.73. The zero-order chi connectivity index (χ0) is 19.8. The summed E-state index contributed by atoms with van der Waals surface area (Å²) in [5, 5.41) is 3.66. The summed E-state index contributed by atoms with van der Waals surface area (Å²) in [5.41, 5.74) is -0.153. The van der Waals surface area contributed by atoms with E-state index in [-0.39, 0.29) is 30.8 Å². The number of amides is 4. The molecule has 4 amide bonds. The van der Waals surface area contributed by atoms with Gasteiger partial charge in [-0.15, -0.1) is 0 Å². The van der Waals surface area contributed by atoms with Gasteiger partial charge in [-0.25, -0.2) is 4.79 Å². The minimum absolute atomic E-state index is 0.0609. The van der Waals surface area contributed by atoms with Crippen LogP contribution in [0.15, 0.2) is 18.2 Å². The van der Waals surface area contributed by atoms with Crippen LogP contribution >= 0.6 is 23.2 Å². The van der Waals surface area contributed by atoms with Crippen molar-refractivity contribution in [2.45, 2.75) is 44.7 Å². The molecule has 1 aliphatic heterocycles. The van der Waals surface area contributed by atoms with E-state index in [2.05, 4.69) is 5.32 Å². The third kappa shape index (κ3) is 3.65. The number of urea groups is 1. The predicted octanol–water partition coefficient (Wildman–Crippen LogP) is 3.45. The van der Waals surface area contributed by atoms with E-state index in [9.17, 15) is 14.4 Å². The van der Waals surface area contributed by atoms with Crippen LogP contribution in [0.4, 0.5) is 4.79 Å². The smallest absolute Gasteiger partial charge is 0.325 e. The first-order valence-electron chi connectivity index (χ1n) is 9.07. The van der Waals surface area contributed by atoms with E-state index >= 15 is 0 Å². The molecule has 1 N–H and O–H groups in total. The van der Waals surface area contributed by atoms with Crippen molar-refractivity contribution in [1.82, 2.24) is 15.1 Å². The van der Waals surface area contributed by atoms with Gasteiger partial charge in [-0.2, -0.15) is 0 Å². The summed E-state index contributed by atoms with van der Waals surface area (Å²) < 4.78 is 0. The highest BCUT2D eigenvalue weighted by molar-refractivity contribution is 6.42. The minimum atomic E-state index is -0.857. The molecule has 2 atom stereocenters. The van der Waals surface area contributed by atoms with Gasteiger partial charge in [0.05, 0.1) is 10.0 Å². The highest BCUT2D eigenvalue weighted by atomic mass is 35.5. The number of halogens is 2. The number of hydrogen-bond donors (Lipinski definition) is 1. The Morgan fingerprint density at radius 1 is 1.33 bits per heavy atom. The van der Waals surface area contributed by atoms with E-state index in [4.69, 9.17) is 23.2 Å². The Bertz CT molecular complexity index is 785. The summed E-state index contributed by atoms with van der Waals surface area (Å²) in [7, 11) is 1.61. The molecule has 2 aliphatic rings. The lowest BCUT2D eigenvalue weighted by Gasteiger charge is -2.36. The van der Waals surface area contributed by atoms with Crippen LogP contribution in [0.5, 0.6) is 0 Å². The molecule has 1 saturated carbocycles. The molecule has 1 spiro atoms. The Morgan fingerprint density at radius 3 is 2.78 bits per heavy atom. The third-order valence-electron chi connectivity index (χ3n) is 5.66. The lowest BCUT2D eigenvalue weighted by molar-refractivity contribution is -0.140. The van der Waals surface area contributed by atoms with Crippen molar-refractivity contribution in [3.63, 3.8) is 0 Å². The number of likely N-dealkylation sites (N-methyl/N-ethyl adjacent to an activating group) is 1. The maximum absolute atomic E-state index is 13.0. The van der Waals surface area contributed by atoms with E-state index in [0.29, 0.717) is 22.0 Å². The Hall–Kier alpha value is -1.79. The zero-order valence-corrected chi connectivity index (χ0v) is 16.9. The number of carbonyl (C=O) groups excluding carboxylic acids is 3. The number of nitrogens with zero attached hydrogens (tertiary/aromatic N) is 2. The summed E-state index contributed by atoms with van der Waals surface area (Å²) >= 11 is 12.2. The van der Waals surface area contributed by atoms with Gasteiger partial charge in [0.15, 0.2) is 0 Å². The highest BCUT2D eigenvalue weighted by Gasteiger charge is 2.55. The average Bonchev–Trinajstić information content (AvgIpc) is 2.86. The average molecular weight is 412 g/mol. The molecular formula is C19H23Cl2N3O3. The molecule has 1 saturated heterocycles. The van der Waals surface area contributed by atoms with Crippen LogP contribution in [0.2, 0.25) is 10.0 Å². The third-order valence-corrected chi connectivity index (χ3v) is 6.52. The minimum Gasteiger partial charge on any atom is -0.340 e. The zero-order valence-electron chi connectivity index (χ0n) is 15.4. The van der Waals surface area contributed by atoms with Gasteiger partial charge in [-0.1, -0.05) is 55.1 Å². The van der Waals surface area contributed by atoms with Crippen LogP contribution < -0.4 is 5.32 Å². The van der Waals surface area contributed by atoms with Crippen LogP contribution in [0.25, 0.3) is 0 Å². The number of hydrogen-bond acceptors (Lipinski definition) is 3. The van der Waals surface area contributed by atoms with E-state index in [1.165, 1.54) is 4.90 Å². The molecule has 1 aliphatic carbocycles. The first-order valence-corrected chi connectivity index (χ1v) is 9.83. The van der Waals surface area contributed by atoms with Gasteiger partial charge in [0.1, 0.15) is 12.1 Å². The Balaban J connectivity index is 1.69. The summed E-state index contributed by atoms with van der Waals surface area (Å²) in [4.78, 5) is 40.5. The van der Waals surface area contributed by atoms with Crippen LogP contribution in [0, 0.1) is 5.92 Å². The van der Waals surface area contributed by atoms with Crippen molar-refractivity contribution >= 4 is 41.0 Å². The first kappa shape index (κ1) is 20.0. The molecule has 1 heterocycles. The van der Waals surface area contributed by atoms with Crippen LogP contribution in [0.3, 0.4) is 0 Å². The fourth-order valence-corrected chi connectivity index (χ4v) is 4.29. The molecule has 1 aromatic carbocycles. The number of imide groups is 1. The van der Waals surface area contributed by atoms with Crippen molar-refractivity contribution in [2.24, 2.45) is 5.92 Å². The van der Waals surface area contributed by atoms with Crippen molar-refractivity contribution in [2.75, 3.05) is 13.6 Å². The monoisotopic (exact) mass is 411 g/mol. The Labute approximate surface area is 168 Å². The lowest BCUT2D eigenvalue weighted by Crippen LogP contribution is -2.54. The maximum Gasteiger partial charge on any atom is 0.325 e. The van der Waals surface area contributed by atoms with Gasteiger partial charge >= 0.3 is 6.03 Å². The SMILES string of the molecule is CC1CCCCC12NC(=O)N(CC(=O)N(C)Cc1cccc(Cl)c1Cl)C2=O. The van der Waals surface area contributed by atoms with Gasteiger partial charge in [-0.3, -0.25) is 14.5 Å². The standard InChI is InChI=1S/C19H23Cl2N3O3/c1-12-6-3-4-9-19(12)17(26)24(18(27)22-19)11-15(25)23(2)10-13-7-5-8-14(20)16(13)21/h5,7-8,12H,3-4,6,9-11H2,1-2H3,(H,22,27). The van der Waals surface area contributed by atoms with E-state index in [1.54, 1.807) is 25.2 Å². The van der Waals surface area contributed by atoms with Crippen LogP contribution in [-0.2, 0) is 16.1 Å². The van der Waals surface area contributed by atoms with Crippen LogP contribution in [-0.4, -0.2) is 46.8 Å². The van der Waals surface area contributed by atoms with Gasteiger partial charge in [0.25, 0.3) is 5.91 Å². The number of rotatable bonds is 4. The van der Waals surface area contributed by atoms with Crippen molar-refractivity contribution in [3.05, 3.63) is 33.8 Å². The summed E-state index contributed by atoms with van der Waals surface area (Å²) in [6.07, 6.45) is 3.46. The molecule has 0 aromatic heterocycles. The molecule has 2 unspecified atom stereocenters. The fourth-order valence-electron chi connectivity index (χ4n) is 3.91. The van der Waals surface area contributed by atoms with Gasteiger partial charge < -0.3 is 10.2 Å². The highest BCUT2D eigenvalue weighted by Crippen LogP contribution is 2.38. The Morgan fingerprint density at radius 2 is 2.07 bits per heavy atom. The molecule has 146 valence electrons. The fraction of sp³-hybridized carbons (Fsp3) is 0.526. The number of benzene rings is 1. The summed E-state index contributed by atoms with van der Waals surface area (Å²) in [5.74, 6) is -0.567. The molecular weight excluding hydrogens is 389 g/mol. The number of carbonyl (C=O) groups is 3. The van der Waals surface area contributed by atoms with Gasteiger partial charge in [0, 0.05) is 13.6 Å². The molecule has 3 rings (SSSR count). The first-order chi connectivity index (χ1) is 12.8. The maximum atomic E-state index is 13.0. The summed E-state index contributed by atoms with van der Waals surface area (Å²) in [6.45, 7) is 1.94. The molecule has 1 aromatic rings. The van der Waals surface area contributed by atoms with E-state index < -0.39 is 11.6 Å². The Kier molecular flexibility index (Phi) is 5.68. The van der Waals surface area contributed by atoms with Crippen LogP contribution in [0.1, 0.15) is 38.2 Å². The van der Waals surface area contributed by atoms with Crippen molar-refractivity contribution in [3.8, 4) is 0 Å². The topological polar surface area (TPSA) is 69.7 Å². The molecule has 0 radical (unpaired) electrons. The van der Waals surface area contributed by atoms with Gasteiger partial charge in [-0.05, 0) is 30.4 Å². The normalized spacial score (nSPS) is 25.0. The molecule has 8 heteroatoms. The van der Waals surface area contributed by atoms with Crippen molar-refractivity contribution < 1.29 is 14.4 Å². The van der Waals surface area contributed by atoms with Crippen molar-refractivity contribution in [1.29, 1.82) is 0 Å². The second kappa shape index (κ2) is 7.68. The molecule has 27 heavy (non-hydrogen) atoms. The second-order valence-corrected chi connectivity index (χ2v) is 8.19. The predicted molar refractivity (Wildman–Crippen MR) is 104 cm³/mol. The molecule has 0 bridgehead atoms. The largest absolute Gasteiger partial charge is 0.340 e. The number of nitrogens with one attached hydrogen (secondary N) is 1. The quantitative estimate of drug-likeness (QED) is 0.771. The molecule has 2 fully saturated rings. The molecule has 6 nitrogen and oxygen atoms in total. The summed E-state index contributed by atoms with van der Waals surface area (Å²) in [6, 6.07) is 4.72. The van der Waals surface area contributed by atoms with E-state index in [0.717, 1.165) is 24.2 Å².